The van der Waals surface area contributed by atoms with Gasteiger partial charge in [0.25, 0.3) is 5.95 Å². The number of rotatable bonds is 4. The molecule has 1 aromatic carbocycles. The molecule has 9 heteroatoms. The number of amides is 2. The van der Waals surface area contributed by atoms with Crippen LogP contribution in [0, 0.1) is 0 Å². The molecule has 138 valence electrons. The van der Waals surface area contributed by atoms with Gasteiger partial charge in [-0.1, -0.05) is 11.6 Å². The van der Waals surface area contributed by atoms with Crippen molar-refractivity contribution in [1.82, 2.24) is 30.0 Å². The molecular weight excluding hydrogens is 366 g/mol. The van der Waals surface area contributed by atoms with E-state index in [1.54, 1.807) is 18.5 Å². The molecule has 1 aliphatic rings. The molecule has 1 unspecified atom stereocenters. The maximum Gasteiger partial charge on any atom is 0.319 e. The van der Waals surface area contributed by atoms with Crippen LogP contribution in [0.15, 0.2) is 36.9 Å². The number of nitrogens with one attached hydrogen (secondary N) is 2. The number of halogens is 1. The predicted molar refractivity (Wildman–Crippen MR) is 101 cm³/mol. The van der Waals surface area contributed by atoms with Crippen molar-refractivity contribution in [2.75, 3.05) is 5.32 Å². The summed E-state index contributed by atoms with van der Waals surface area (Å²) in [4.78, 5) is 25.0. The maximum atomic E-state index is 12.4. The minimum absolute atomic E-state index is 0.370. The smallest absolute Gasteiger partial charge is 0.319 e. The largest absolute Gasteiger partial charge is 0.328 e. The van der Waals surface area contributed by atoms with Gasteiger partial charge in [0.15, 0.2) is 5.82 Å². The van der Waals surface area contributed by atoms with E-state index in [4.69, 9.17) is 11.6 Å². The molecule has 0 saturated heterocycles. The summed E-state index contributed by atoms with van der Waals surface area (Å²) >= 11 is 6.31. The van der Waals surface area contributed by atoms with Crippen molar-refractivity contribution in [1.29, 1.82) is 0 Å². The van der Waals surface area contributed by atoms with Crippen molar-refractivity contribution in [3.05, 3.63) is 58.9 Å². The first-order chi connectivity index (χ1) is 13.1. The lowest BCUT2D eigenvalue weighted by molar-refractivity contribution is 0.248. The van der Waals surface area contributed by atoms with Gasteiger partial charge in [0, 0.05) is 12.4 Å². The molecule has 2 aromatic heterocycles. The third-order valence-corrected chi connectivity index (χ3v) is 4.79. The number of nitrogens with zero attached hydrogens (tertiary/aromatic N) is 5. The number of hydrogen-bond acceptors (Lipinski definition) is 5. The lowest BCUT2D eigenvalue weighted by atomic mass is 10.1. The predicted octanol–water partition coefficient (Wildman–Crippen LogP) is 3.08. The molecule has 27 heavy (non-hydrogen) atoms. The Kier molecular flexibility index (Phi) is 4.72. The highest BCUT2D eigenvalue weighted by Crippen LogP contribution is 2.31. The SMILES string of the molecule is CC(NC(=O)Nc1cc2c(cc1Cl)CCC2)c1ncnn1-c1ncccn1. The van der Waals surface area contributed by atoms with Crippen LogP contribution in [0.25, 0.3) is 5.95 Å². The van der Waals surface area contributed by atoms with Crippen molar-refractivity contribution >= 4 is 23.3 Å². The summed E-state index contributed by atoms with van der Waals surface area (Å²) in [5, 5.41) is 10.4. The van der Waals surface area contributed by atoms with Crippen molar-refractivity contribution in [3.63, 3.8) is 0 Å². The van der Waals surface area contributed by atoms with Crippen LogP contribution in [-0.2, 0) is 12.8 Å². The first-order valence-corrected chi connectivity index (χ1v) is 9.06. The van der Waals surface area contributed by atoms with Crippen molar-refractivity contribution in [2.45, 2.75) is 32.2 Å². The van der Waals surface area contributed by atoms with Crippen LogP contribution in [0.4, 0.5) is 10.5 Å². The fraction of sp³-hybridized carbons (Fsp3) is 0.278. The van der Waals surface area contributed by atoms with Crippen LogP contribution >= 0.6 is 11.6 Å². The lowest BCUT2D eigenvalue weighted by Gasteiger charge is -2.15. The Hall–Kier alpha value is -3.00. The fourth-order valence-corrected chi connectivity index (χ4v) is 3.44. The number of carbonyl (C=O) groups excluding carboxylic acids is 1. The third kappa shape index (κ3) is 3.61. The Labute approximate surface area is 161 Å². The second-order valence-corrected chi connectivity index (χ2v) is 6.76. The molecule has 0 bridgehead atoms. The van der Waals surface area contributed by atoms with Gasteiger partial charge in [-0.15, -0.1) is 0 Å². The molecule has 2 amide bonds. The van der Waals surface area contributed by atoms with E-state index in [-0.39, 0.29) is 6.03 Å². The average Bonchev–Trinajstić information content (AvgIpc) is 3.31. The van der Waals surface area contributed by atoms with Crippen LogP contribution in [0.5, 0.6) is 0 Å². The van der Waals surface area contributed by atoms with Crippen molar-refractivity contribution < 1.29 is 4.79 Å². The minimum atomic E-state index is -0.412. The summed E-state index contributed by atoms with van der Waals surface area (Å²) in [5.74, 6) is 0.914. The summed E-state index contributed by atoms with van der Waals surface area (Å²) in [7, 11) is 0. The van der Waals surface area contributed by atoms with E-state index >= 15 is 0 Å². The summed E-state index contributed by atoms with van der Waals surface area (Å²) in [6.45, 7) is 1.81. The van der Waals surface area contributed by atoms with Gasteiger partial charge in [0.2, 0.25) is 0 Å². The van der Waals surface area contributed by atoms with E-state index in [0.717, 1.165) is 19.3 Å². The van der Waals surface area contributed by atoms with Gasteiger partial charge in [-0.25, -0.2) is 19.7 Å². The second-order valence-electron chi connectivity index (χ2n) is 6.35. The number of hydrogen-bond donors (Lipinski definition) is 2. The maximum absolute atomic E-state index is 12.4. The molecule has 0 radical (unpaired) electrons. The molecule has 1 aliphatic carbocycles. The number of carbonyl (C=O) groups is 1. The van der Waals surface area contributed by atoms with E-state index < -0.39 is 6.04 Å². The molecule has 8 nitrogen and oxygen atoms in total. The number of anilines is 1. The number of urea groups is 1. The van der Waals surface area contributed by atoms with Gasteiger partial charge >= 0.3 is 6.03 Å². The number of aromatic nitrogens is 5. The lowest BCUT2D eigenvalue weighted by Crippen LogP contribution is -2.32. The summed E-state index contributed by atoms with van der Waals surface area (Å²) in [6.07, 6.45) is 7.81. The highest BCUT2D eigenvalue weighted by atomic mass is 35.5. The Morgan fingerprint density at radius 1 is 1.19 bits per heavy atom. The first kappa shape index (κ1) is 17.4. The molecule has 0 aliphatic heterocycles. The van der Waals surface area contributed by atoms with Crippen LogP contribution < -0.4 is 10.6 Å². The Bertz CT molecular complexity index is 973. The highest BCUT2D eigenvalue weighted by molar-refractivity contribution is 6.33. The molecule has 0 fully saturated rings. The third-order valence-electron chi connectivity index (χ3n) is 4.48. The number of fused-ring (bicyclic) bond motifs is 1. The normalized spacial score (nSPS) is 13.9. The van der Waals surface area contributed by atoms with Crippen LogP contribution in [-0.4, -0.2) is 30.8 Å². The number of benzene rings is 1. The van der Waals surface area contributed by atoms with Gasteiger partial charge in [-0.3, -0.25) is 0 Å². The molecule has 4 rings (SSSR count). The van der Waals surface area contributed by atoms with Gasteiger partial charge in [0.05, 0.1) is 16.8 Å². The Morgan fingerprint density at radius 3 is 2.70 bits per heavy atom. The van der Waals surface area contributed by atoms with Crippen molar-refractivity contribution in [2.24, 2.45) is 0 Å². The topological polar surface area (TPSA) is 97.6 Å². The zero-order valence-corrected chi connectivity index (χ0v) is 15.4. The molecule has 3 aromatic rings. The van der Waals surface area contributed by atoms with E-state index in [2.05, 4.69) is 30.7 Å². The molecule has 0 saturated carbocycles. The highest BCUT2D eigenvalue weighted by Gasteiger charge is 2.19. The Morgan fingerprint density at radius 2 is 1.93 bits per heavy atom. The Balaban J connectivity index is 1.47. The van der Waals surface area contributed by atoms with Gasteiger partial charge < -0.3 is 10.6 Å². The fourth-order valence-electron chi connectivity index (χ4n) is 3.21. The van der Waals surface area contributed by atoms with Gasteiger partial charge in [0.1, 0.15) is 6.33 Å². The van der Waals surface area contributed by atoms with E-state index in [1.165, 1.54) is 22.1 Å². The molecule has 0 spiro atoms. The van der Waals surface area contributed by atoms with Crippen LogP contribution in [0.1, 0.15) is 36.3 Å². The van der Waals surface area contributed by atoms with Crippen LogP contribution in [0.3, 0.4) is 0 Å². The molecule has 2 N–H and O–H groups in total. The van der Waals surface area contributed by atoms with Gasteiger partial charge in [-0.2, -0.15) is 9.78 Å². The van der Waals surface area contributed by atoms with E-state index in [9.17, 15) is 4.79 Å². The minimum Gasteiger partial charge on any atom is -0.328 e. The quantitative estimate of drug-likeness (QED) is 0.721. The van der Waals surface area contributed by atoms with E-state index in [1.807, 2.05) is 19.1 Å². The zero-order valence-electron chi connectivity index (χ0n) is 14.7. The van der Waals surface area contributed by atoms with Gasteiger partial charge in [-0.05, 0) is 55.5 Å². The standard InChI is InChI=1S/C18H18ClN7O/c1-11(16-22-10-23-26(16)17-20-6-3-7-21-17)24-18(27)25-15-9-13-5-2-4-12(13)8-14(15)19/h3,6-11H,2,4-5H2,1H3,(H2,24,25,27). The van der Waals surface area contributed by atoms with Crippen molar-refractivity contribution in [3.8, 4) is 5.95 Å². The van der Waals surface area contributed by atoms with Crippen LogP contribution in [0.2, 0.25) is 5.02 Å². The molecule has 1 atom stereocenters. The number of aryl methyl sites for hydroxylation is 2. The zero-order chi connectivity index (χ0) is 18.8. The summed E-state index contributed by atoms with van der Waals surface area (Å²) < 4.78 is 1.49. The average molecular weight is 384 g/mol. The molecule has 2 heterocycles. The summed E-state index contributed by atoms with van der Waals surface area (Å²) in [5.41, 5.74) is 3.11. The summed E-state index contributed by atoms with van der Waals surface area (Å²) in [6, 6.07) is 4.83. The second kappa shape index (κ2) is 7.32. The molecular formula is C18H18ClN7O. The monoisotopic (exact) mass is 383 g/mol. The first-order valence-electron chi connectivity index (χ1n) is 8.68. The van der Waals surface area contributed by atoms with E-state index in [0.29, 0.717) is 22.5 Å².